The van der Waals surface area contributed by atoms with Crippen molar-refractivity contribution >= 4 is 60.4 Å². The summed E-state index contributed by atoms with van der Waals surface area (Å²) in [6, 6.07) is 20.1. The van der Waals surface area contributed by atoms with Gasteiger partial charge in [0.1, 0.15) is 10.6 Å². The van der Waals surface area contributed by atoms with E-state index >= 15 is 0 Å². The number of benzene rings is 2. The van der Waals surface area contributed by atoms with Crippen molar-refractivity contribution in [1.29, 1.82) is 5.26 Å². The molecule has 0 unspecified atom stereocenters. The van der Waals surface area contributed by atoms with Crippen LogP contribution in [-0.4, -0.2) is 24.7 Å². The molecule has 4 rings (SSSR count). The summed E-state index contributed by atoms with van der Waals surface area (Å²) in [7, 11) is 0. The average Bonchev–Trinajstić information content (AvgIpc) is 3.44. The summed E-state index contributed by atoms with van der Waals surface area (Å²) in [6.07, 6.45) is 3.02. The first kappa shape index (κ1) is 24.6. The Bertz CT molecular complexity index is 1330. The van der Waals surface area contributed by atoms with E-state index in [-0.39, 0.29) is 0 Å². The fraction of sp³-hybridized carbons (Fsp3) is 0.259. The molecule has 0 atom stereocenters. The third kappa shape index (κ3) is 6.13. The number of allylic oxidation sites excluding steroid dienone is 1. The maximum absolute atomic E-state index is 9.66. The van der Waals surface area contributed by atoms with Crippen molar-refractivity contribution in [2.45, 2.75) is 27.2 Å². The van der Waals surface area contributed by atoms with E-state index in [0.717, 1.165) is 50.9 Å². The van der Waals surface area contributed by atoms with E-state index < -0.39 is 0 Å². The highest BCUT2D eigenvalue weighted by molar-refractivity contribution is 7.29. The smallest absolute Gasteiger partial charge is 0.231 e. The van der Waals surface area contributed by atoms with Crippen molar-refractivity contribution < 1.29 is 4.74 Å². The Balaban J connectivity index is 1.47. The molecule has 0 aliphatic rings. The molecule has 35 heavy (non-hydrogen) atoms. The van der Waals surface area contributed by atoms with Gasteiger partial charge in [0.25, 0.3) is 0 Å². The zero-order valence-corrected chi connectivity index (χ0v) is 21.7. The summed E-state index contributed by atoms with van der Waals surface area (Å²) in [5, 5.41) is 19.0. The van der Waals surface area contributed by atoms with Gasteiger partial charge in [-0.05, 0) is 86.5 Å². The Labute approximate surface area is 213 Å². The zero-order valence-electron chi connectivity index (χ0n) is 20.1. The SMILES string of the molecule is CCCN(CC)c1ccc(N=Nc2nc3sc(/C=C(\C#N)c4ccc(OCC)cc4)cc3s2)cc1. The molecule has 4 aromatic rings. The van der Waals surface area contributed by atoms with Crippen molar-refractivity contribution in [1.82, 2.24) is 4.98 Å². The molecule has 2 heterocycles. The van der Waals surface area contributed by atoms with Gasteiger partial charge in [-0.2, -0.15) is 5.26 Å². The number of thiophene rings is 1. The van der Waals surface area contributed by atoms with Crippen LogP contribution in [-0.2, 0) is 0 Å². The normalized spacial score (nSPS) is 11.8. The third-order valence-electron chi connectivity index (χ3n) is 5.32. The molecule has 6 nitrogen and oxygen atoms in total. The van der Waals surface area contributed by atoms with Gasteiger partial charge in [-0.3, -0.25) is 0 Å². The molecule has 0 saturated heterocycles. The molecule has 0 aliphatic carbocycles. The lowest BCUT2D eigenvalue weighted by molar-refractivity contribution is 0.340. The predicted octanol–water partition coefficient (Wildman–Crippen LogP) is 8.47. The van der Waals surface area contributed by atoms with Crippen molar-refractivity contribution in [2.75, 3.05) is 24.6 Å². The Morgan fingerprint density at radius 2 is 1.83 bits per heavy atom. The largest absolute Gasteiger partial charge is 0.494 e. The predicted molar refractivity (Wildman–Crippen MR) is 147 cm³/mol. The number of hydrogen-bond acceptors (Lipinski definition) is 8. The number of nitrogens with zero attached hydrogens (tertiary/aromatic N) is 5. The molecule has 8 heteroatoms. The lowest BCUT2D eigenvalue weighted by Gasteiger charge is -2.22. The molecule has 0 bridgehead atoms. The van der Waals surface area contributed by atoms with Crippen LogP contribution in [0.1, 0.15) is 37.6 Å². The van der Waals surface area contributed by atoms with Gasteiger partial charge >= 0.3 is 0 Å². The monoisotopic (exact) mass is 501 g/mol. The van der Waals surface area contributed by atoms with E-state index in [1.54, 1.807) is 11.3 Å². The molecule has 2 aromatic heterocycles. The second-order valence-corrected chi connectivity index (χ2v) is 9.81. The van der Waals surface area contributed by atoms with E-state index in [1.807, 2.05) is 55.5 Å². The molecule has 0 fully saturated rings. The summed E-state index contributed by atoms with van der Waals surface area (Å²) in [6.45, 7) is 8.94. The number of fused-ring (bicyclic) bond motifs is 1. The van der Waals surface area contributed by atoms with Gasteiger partial charge in [-0.25, -0.2) is 4.98 Å². The number of aromatic nitrogens is 1. The van der Waals surface area contributed by atoms with E-state index in [2.05, 4.69) is 52.2 Å². The maximum atomic E-state index is 9.66. The van der Waals surface area contributed by atoms with Gasteiger partial charge < -0.3 is 9.64 Å². The minimum absolute atomic E-state index is 0.603. The molecule has 0 amide bonds. The van der Waals surface area contributed by atoms with E-state index in [1.165, 1.54) is 17.0 Å². The second kappa shape index (κ2) is 11.7. The topological polar surface area (TPSA) is 73.9 Å². The summed E-state index contributed by atoms with van der Waals surface area (Å²) in [4.78, 5) is 8.83. The van der Waals surface area contributed by atoms with E-state index in [0.29, 0.717) is 17.3 Å². The van der Waals surface area contributed by atoms with Crippen molar-refractivity contribution in [3.63, 3.8) is 0 Å². The highest BCUT2D eigenvalue weighted by atomic mass is 32.1. The van der Waals surface area contributed by atoms with Crippen LogP contribution in [0.3, 0.4) is 0 Å². The van der Waals surface area contributed by atoms with Gasteiger partial charge in [0.05, 0.1) is 28.6 Å². The first-order valence-electron chi connectivity index (χ1n) is 11.7. The van der Waals surface area contributed by atoms with Crippen LogP contribution in [0.25, 0.3) is 21.2 Å². The van der Waals surface area contributed by atoms with Crippen LogP contribution in [0.2, 0.25) is 0 Å². The number of anilines is 1. The molecule has 178 valence electrons. The van der Waals surface area contributed by atoms with Crippen LogP contribution in [0.15, 0.2) is 64.8 Å². The van der Waals surface area contributed by atoms with Crippen LogP contribution in [0.5, 0.6) is 5.75 Å². The minimum Gasteiger partial charge on any atom is -0.494 e. The fourth-order valence-electron chi connectivity index (χ4n) is 3.65. The van der Waals surface area contributed by atoms with Crippen molar-refractivity contribution in [2.24, 2.45) is 10.2 Å². The van der Waals surface area contributed by atoms with Crippen LogP contribution < -0.4 is 9.64 Å². The summed E-state index contributed by atoms with van der Waals surface area (Å²) in [5.74, 6) is 0.798. The Hall–Kier alpha value is -3.54. The number of rotatable bonds is 10. The van der Waals surface area contributed by atoms with Gasteiger partial charge in [0.15, 0.2) is 0 Å². The summed E-state index contributed by atoms with van der Waals surface area (Å²) >= 11 is 3.04. The molecule has 0 saturated carbocycles. The molecule has 0 aliphatic heterocycles. The molecule has 0 radical (unpaired) electrons. The quantitative estimate of drug-likeness (QED) is 0.161. The lowest BCUT2D eigenvalue weighted by Crippen LogP contribution is -2.23. The Kier molecular flexibility index (Phi) is 8.24. The van der Waals surface area contributed by atoms with Crippen LogP contribution >= 0.6 is 22.7 Å². The Morgan fingerprint density at radius 3 is 2.46 bits per heavy atom. The number of hydrogen-bond donors (Lipinski definition) is 0. The average molecular weight is 502 g/mol. The van der Waals surface area contributed by atoms with Crippen molar-refractivity contribution in [3.8, 4) is 11.8 Å². The third-order valence-corrected chi connectivity index (χ3v) is 7.31. The van der Waals surface area contributed by atoms with E-state index in [4.69, 9.17) is 4.74 Å². The standard InChI is InChI=1S/C27H27N5OS2/c1-4-15-32(5-2)22-11-9-21(10-12-22)30-31-27-29-26-25(35-27)17-24(34-26)16-20(18-28)19-7-13-23(14-8-19)33-6-3/h7-14,16-17H,4-6,15H2,1-3H3/b20-16+,31-30?. The number of thiazole rings is 1. The van der Waals surface area contributed by atoms with Crippen LogP contribution in [0, 0.1) is 11.3 Å². The molecular formula is C27H27N5OS2. The highest BCUT2D eigenvalue weighted by Crippen LogP contribution is 2.36. The van der Waals surface area contributed by atoms with Gasteiger partial charge in [0.2, 0.25) is 5.13 Å². The second-order valence-electron chi connectivity index (χ2n) is 7.74. The van der Waals surface area contributed by atoms with Crippen LogP contribution in [0.4, 0.5) is 16.5 Å². The van der Waals surface area contributed by atoms with Gasteiger partial charge in [0, 0.05) is 23.7 Å². The molecular weight excluding hydrogens is 474 g/mol. The zero-order chi connectivity index (χ0) is 24.6. The summed E-state index contributed by atoms with van der Waals surface area (Å²) in [5.41, 5.74) is 3.46. The lowest BCUT2D eigenvalue weighted by atomic mass is 10.1. The van der Waals surface area contributed by atoms with Gasteiger partial charge in [-0.1, -0.05) is 18.3 Å². The molecule has 0 spiro atoms. The van der Waals surface area contributed by atoms with Gasteiger partial charge in [-0.15, -0.1) is 21.6 Å². The number of ether oxygens (including phenoxy) is 1. The first-order valence-corrected chi connectivity index (χ1v) is 13.3. The first-order chi connectivity index (χ1) is 17.1. The molecule has 2 aromatic carbocycles. The Morgan fingerprint density at radius 1 is 1.06 bits per heavy atom. The fourth-order valence-corrected chi connectivity index (χ4v) is 5.63. The highest BCUT2D eigenvalue weighted by Gasteiger charge is 2.10. The van der Waals surface area contributed by atoms with E-state index in [9.17, 15) is 5.26 Å². The van der Waals surface area contributed by atoms with Crippen molar-refractivity contribution in [3.05, 3.63) is 65.0 Å². The maximum Gasteiger partial charge on any atom is 0.231 e. The molecule has 0 N–H and O–H groups in total. The minimum atomic E-state index is 0.603. The number of nitriles is 1. The number of azo groups is 1. The summed E-state index contributed by atoms with van der Waals surface area (Å²) < 4.78 is 6.52.